The molecule has 21 heteroatoms. The molecule has 0 unspecified atom stereocenters. The van der Waals surface area contributed by atoms with E-state index in [-0.39, 0.29) is 24.4 Å². The fraction of sp³-hybridized carbons (Fsp3) is 0.435. The van der Waals surface area contributed by atoms with Gasteiger partial charge in [0.1, 0.15) is 6.73 Å². The number of sulfonamides is 1. The molecule has 0 aliphatic heterocycles. The number of aryl methyl sites for hydroxylation is 4. The fourth-order valence-electron chi connectivity index (χ4n) is 8.99. The van der Waals surface area contributed by atoms with E-state index in [1.54, 1.807) is 36.9 Å². The van der Waals surface area contributed by atoms with E-state index in [4.69, 9.17) is 21.2 Å². The minimum absolute atomic E-state index is 0.128. The number of nitrogens with one attached hydrogen (secondary N) is 4. The van der Waals surface area contributed by atoms with E-state index in [1.807, 2.05) is 12.1 Å². The van der Waals surface area contributed by atoms with Crippen LogP contribution in [0.15, 0.2) is 71.5 Å². The Labute approximate surface area is 398 Å². The van der Waals surface area contributed by atoms with E-state index in [0.717, 1.165) is 106 Å². The molecule has 2 aromatic carbocycles. The summed E-state index contributed by atoms with van der Waals surface area (Å²) in [6.45, 7) is 8.30. The Morgan fingerprint density at radius 2 is 1.30 bits per heavy atom. The second-order valence-corrected chi connectivity index (χ2v) is 28.2. The van der Waals surface area contributed by atoms with Gasteiger partial charge >= 0.3 is 0 Å². The van der Waals surface area contributed by atoms with Crippen molar-refractivity contribution in [1.82, 2.24) is 44.6 Å². The van der Waals surface area contributed by atoms with Crippen molar-refractivity contribution in [2.45, 2.75) is 133 Å². The molecule has 4 aromatic heterocycles. The molecule has 4 aliphatic rings. The van der Waals surface area contributed by atoms with Crippen LogP contribution in [0.5, 0.6) is 0 Å². The molecule has 0 radical (unpaired) electrons. The van der Waals surface area contributed by atoms with Crippen LogP contribution in [0.3, 0.4) is 0 Å². The standard InChI is InChI=1S/C20H29ClN4O3SSi.C20H22N6O2S.C6H8N2/c1-30(2,3)11-10-28-13-25-19(23-20(24-25)29(21,26)27)22-18-16-8-4-6-14(16)12-15-7-5-9-17(15)18;27-29(28,22-12-13-4-3-9-21-11-13)20-24-19(25-26-20)23-18-16-7-1-5-14(16)10-15-6-2-8-17(15)18;7-4-6-2-1-3-8-5-6/h12H,4-11,13H2,1-3H3,(H,22,23,24);3-4,9-11,22H,1-2,5-8,12H2,(H2,23,24,25,26);1-3,5H,4,7H2. The first-order valence-electron chi connectivity index (χ1n) is 22.9. The lowest BCUT2D eigenvalue weighted by atomic mass is 9.99. The molecule has 67 heavy (non-hydrogen) atoms. The van der Waals surface area contributed by atoms with E-state index in [0.29, 0.717) is 19.1 Å². The van der Waals surface area contributed by atoms with Crippen LogP contribution in [0.25, 0.3) is 0 Å². The smallest absolute Gasteiger partial charge is 0.298 e. The highest BCUT2D eigenvalue weighted by molar-refractivity contribution is 8.13. The van der Waals surface area contributed by atoms with Gasteiger partial charge in [0.25, 0.3) is 29.4 Å². The van der Waals surface area contributed by atoms with Crippen LogP contribution in [-0.2, 0) is 95.0 Å². The van der Waals surface area contributed by atoms with E-state index in [9.17, 15) is 16.8 Å². The quantitative estimate of drug-likeness (QED) is 0.0390. The number of rotatable bonds is 15. The number of nitrogens with two attached hydrogens (primary N) is 1. The molecule has 0 saturated heterocycles. The first-order chi connectivity index (χ1) is 32.1. The highest BCUT2D eigenvalue weighted by Gasteiger charge is 2.28. The predicted octanol–water partition coefficient (Wildman–Crippen LogP) is 7.18. The monoisotopic (exact) mass is 986 g/mol. The van der Waals surface area contributed by atoms with Crippen molar-refractivity contribution in [2.24, 2.45) is 5.73 Å². The molecule has 0 amide bonds. The lowest BCUT2D eigenvalue weighted by Crippen LogP contribution is -2.24. The van der Waals surface area contributed by atoms with Crippen LogP contribution in [0, 0.1) is 0 Å². The number of aromatic nitrogens is 8. The van der Waals surface area contributed by atoms with Crippen molar-refractivity contribution < 1.29 is 21.6 Å². The topological polar surface area (TPSA) is 238 Å². The van der Waals surface area contributed by atoms with Crippen molar-refractivity contribution in [1.29, 1.82) is 0 Å². The minimum atomic E-state index is -4.03. The van der Waals surface area contributed by atoms with Gasteiger partial charge < -0.3 is 21.1 Å². The summed E-state index contributed by atoms with van der Waals surface area (Å²) < 4.78 is 58.6. The highest BCUT2D eigenvalue weighted by Crippen LogP contribution is 2.41. The zero-order valence-corrected chi connectivity index (χ0v) is 41.6. The number of fused-ring (bicyclic) bond motifs is 4. The molecule has 0 atom stereocenters. The first-order valence-corrected chi connectivity index (χ1v) is 30.4. The third-order valence-corrected chi connectivity index (χ3v) is 16.3. The van der Waals surface area contributed by atoms with Gasteiger partial charge in [-0.15, -0.1) is 10.2 Å². The molecular weight excluding hydrogens is 928 g/mol. The summed E-state index contributed by atoms with van der Waals surface area (Å²) in [5.41, 5.74) is 20.2. The number of hydrogen-bond acceptors (Lipinski definition) is 14. The number of aromatic amines is 1. The van der Waals surface area contributed by atoms with Gasteiger partial charge in [-0.05, 0) is 151 Å². The van der Waals surface area contributed by atoms with E-state index in [1.165, 1.54) is 49.2 Å². The van der Waals surface area contributed by atoms with Crippen LogP contribution in [0.2, 0.25) is 25.7 Å². The average Bonchev–Trinajstić information content (AvgIpc) is 4.17. The molecule has 0 saturated carbocycles. The molecule has 0 fully saturated rings. The Balaban J connectivity index is 0.000000156. The van der Waals surface area contributed by atoms with Gasteiger partial charge in [-0.25, -0.2) is 31.3 Å². The van der Waals surface area contributed by atoms with Gasteiger partial charge in [0.2, 0.25) is 11.9 Å². The van der Waals surface area contributed by atoms with Gasteiger partial charge in [-0.2, -0.15) is 9.97 Å². The maximum atomic E-state index is 12.6. The second-order valence-electron chi connectivity index (χ2n) is 18.4. The molecule has 0 bridgehead atoms. The van der Waals surface area contributed by atoms with Crippen LogP contribution in [0.1, 0.15) is 81.3 Å². The van der Waals surface area contributed by atoms with E-state index >= 15 is 0 Å². The summed E-state index contributed by atoms with van der Waals surface area (Å²) in [5.74, 6) is 0.637. The summed E-state index contributed by atoms with van der Waals surface area (Å²) in [6.07, 6.45) is 19.8. The SMILES string of the molecule is C[Si](C)(C)CCOCn1nc(S(=O)(=O)Cl)nc1Nc1c2c(cc3c1CCC3)CCC2.NCc1cccnc1.O=S(=O)(NCc1cccnc1)c1nc(Nc2c3c(cc4c2CCC4)CCC3)n[nH]1. The number of H-pyrrole nitrogens is 1. The maximum absolute atomic E-state index is 12.6. The molecule has 17 nitrogen and oxygen atoms in total. The summed E-state index contributed by atoms with van der Waals surface area (Å²) in [6, 6.07) is 13.1. The molecule has 4 aliphatic carbocycles. The maximum Gasteiger partial charge on any atom is 0.298 e. The zero-order chi connectivity index (χ0) is 47.2. The number of pyridine rings is 2. The Morgan fingerprint density at radius 3 is 1.78 bits per heavy atom. The van der Waals surface area contributed by atoms with Crippen LogP contribution < -0.4 is 21.1 Å². The number of ether oxygens (including phenoxy) is 1. The van der Waals surface area contributed by atoms with Crippen molar-refractivity contribution >= 4 is 61.1 Å². The highest BCUT2D eigenvalue weighted by atomic mass is 35.7. The molecule has 0 spiro atoms. The zero-order valence-electron chi connectivity index (χ0n) is 38.2. The first kappa shape index (κ1) is 48.4. The third kappa shape index (κ3) is 12.1. The van der Waals surface area contributed by atoms with Crippen molar-refractivity contribution in [3.8, 4) is 0 Å². The largest absolute Gasteiger partial charge is 0.359 e. The van der Waals surface area contributed by atoms with E-state index < -0.39 is 32.3 Å². The Hall–Kier alpha value is -5.09. The van der Waals surface area contributed by atoms with E-state index in [2.05, 4.69) is 82.4 Å². The normalized spacial score (nSPS) is 14.9. The Morgan fingerprint density at radius 1 is 0.761 bits per heavy atom. The van der Waals surface area contributed by atoms with Crippen molar-refractivity contribution in [3.63, 3.8) is 0 Å². The van der Waals surface area contributed by atoms with Crippen LogP contribution in [0.4, 0.5) is 23.3 Å². The summed E-state index contributed by atoms with van der Waals surface area (Å²) in [4.78, 5) is 16.3. The summed E-state index contributed by atoms with van der Waals surface area (Å²) in [5, 5.41) is 16.9. The summed E-state index contributed by atoms with van der Waals surface area (Å²) >= 11 is 0. The Bertz CT molecular complexity index is 2850. The van der Waals surface area contributed by atoms with Crippen LogP contribution in [-0.4, -0.2) is 71.4 Å². The van der Waals surface area contributed by atoms with Gasteiger partial charge in [0, 0.05) is 74.6 Å². The Kier molecular flexibility index (Phi) is 15.2. The van der Waals surface area contributed by atoms with Gasteiger partial charge in [-0.3, -0.25) is 9.97 Å². The second kappa shape index (κ2) is 21.0. The molecule has 356 valence electrons. The predicted molar refractivity (Wildman–Crippen MR) is 261 cm³/mol. The minimum Gasteiger partial charge on any atom is -0.359 e. The van der Waals surface area contributed by atoms with Crippen LogP contribution >= 0.6 is 10.7 Å². The number of halogens is 1. The van der Waals surface area contributed by atoms with Crippen molar-refractivity contribution in [2.75, 3.05) is 17.2 Å². The third-order valence-electron chi connectivity index (χ3n) is 12.4. The molecule has 6 aromatic rings. The van der Waals surface area contributed by atoms with Gasteiger partial charge in [0.05, 0.1) is 0 Å². The molecule has 4 heterocycles. The number of benzene rings is 2. The molecule has 6 N–H and O–H groups in total. The molecule has 10 rings (SSSR count). The van der Waals surface area contributed by atoms with Gasteiger partial charge in [0.15, 0.2) is 0 Å². The lowest BCUT2D eigenvalue weighted by molar-refractivity contribution is 0.0792. The number of anilines is 4. The number of hydrogen-bond donors (Lipinski definition) is 5. The number of nitrogens with zero attached hydrogens (tertiary/aromatic N) is 7. The molecular formula is C46H59ClN12O5S2Si. The fourth-order valence-corrected chi connectivity index (χ4v) is 11.2. The average molecular weight is 988 g/mol. The van der Waals surface area contributed by atoms with Crippen molar-refractivity contribution in [3.05, 3.63) is 117 Å². The summed E-state index contributed by atoms with van der Waals surface area (Å²) in [7, 11) is -3.53. The lowest BCUT2D eigenvalue weighted by Gasteiger charge is -2.18. The van der Waals surface area contributed by atoms with Gasteiger partial charge in [-0.1, -0.05) is 43.9 Å².